The Hall–Kier alpha value is -0.950. The molecule has 1 aromatic rings. The summed E-state index contributed by atoms with van der Waals surface area (Å²) >= 11 is 3.33. The summed E-state index contributed by atoms with van der Waals surface area (Å²) in [6.07, 6.45) is -4.13. The van der Waals surface area contributed by atoms with Gasteiger partial charge >= 0.3 is 6.18 Å². The quantitative estimate of drug-likeness (QED) is 0.842. The monoisotopic (exact) mass is 337 g/mol. The topological polar surface area (TPSA) is 32.5 Å². The summed E-state index contributed by atoms with van der Waals surface area (Å²) < 4.78 is 37.8. The van der Waals surface area contributed by atoms with Crippen LogP contribution < -0.4 is 10.6 Å². The van der Waals surface area contributed by atoms with E-state index in [9.17, 15) is 13.2 Å². The molecule has 0 aliphatic carbocycles. The Kier molecular flexibility index (Phi) is 4.25. The minimum Gasteiger partial charge on any atom is -0.397 e. The summed E-state index contributed by atoms with van der Waals surface area (Å²) in [7, 11) is 0. The van der Waals surface area contributed by atoms with Crippen LogP contribution in [0.15, 0.2) is 22.7 Å². The van der Waals surface area contributed by atoms with Gasteiger partial charge in [0, 0.05) is 30.7 Å². The van der Waals surface area contributed by atoms with Crippen molar-refractivity contribution in [1.82, 2.24) is 4.90 Å². The number of hydrogen-bond donors (Lipinski definition) is 1. The van der Waals surface area contributed by atoms with Crippen molar-refractivity contribution in [2.75, 3.05) is 43.4 Å². The second-order valence-electron chi connectivity index (χ2n) is 4.58. The summed E-state index contributed by atoms with van der Waals surface area (Å²) in [5, 5.41) is 0. The van der Waals surface area contributed by atoms with Crippen LogP contribution in [-0.2, 0) is 0 Å². The molecule has 0 unspecified atom stereocenters. The molecular weight excluding hydrogens is 323 g/mol. The third kappa shape index (κ3) is 4.01. The highest BCUT2D eigenvalue weighted by atomic mass is 79.9. The average Bonchev–Trinajstić information content (AvgIpc) is 2.28. The molecule has 1 aliphatic rings. The molecule has 19 heavy (non-hydrogen) atoms. The molecule has 0 aromatic heterocycles. The number of nitrogens with two attached hydrogens (primary N) is 1. The lowest BCUT2D eigenvalue weighted by Gasteiger charge is -2.36. The van der Waals surface area contributed by atoms with E-state index in [1.807, 2.05) is 17.0 Å². The lowest BCUT2D eigenvalue weighted by Crippen LogP contribution is -2.49. The van der Waals surface area contributed by atoms with Crippen LogP contribution in [0.4, 0.5) is 24.5 Å². The Labute approximate surface area is 118 Å². The zero-order valence-electron chi connectivity index (χ0n) is 10.3. The van der Waals surface area contributed by atoms with Crippen molar-refractivity contribution in [3.05, 3.63) is 22.7 Å². The van der Waals surface area contributed by atoms with Crippen molar-refractivity contribution in [2.24, 2.45) is 0 Å². The molecule has 1 aromatic carbocycles. The first-order valence-electron chi connectivity index (χ1n) is 5.94. The van der Waals surface area contributed by atoms with Crippen LogP contribution in [0.25, 0.3) is 0 Å². The SMILES string of the molecule is Nc1cc(Br)ccc1N1CCN(CC(F)(F)F)CC1. The number of nitrogen functional groups attached to an aromatic ring is 1. The molecule has 0 atom stereocenters. The summed E-state index contributed by atoms with van der Waals surface area (Å²) in [4.78, 5) is 3.44. The lowest BCUT2D eigenvalue weighted by molar-refractivity contribution is -0.146. The highest BCUT2D eigenvalue weighted by molar-refractivity contribution is 9.10. The van der Waals surface area contributed by atoms with Gasteiger partial charge in [-0.3, -0.25) is 4.90 Å². The minimum absolute atomic E-state index is 0.398. The first kappa shape index (κ1) is 14.5. The van der Waals surface area contributed by atoms with E-state index in [2.05, 4.69) is 15.9 Å². The number of nitrogens with zero attached hydrogens (tertiary/aromatic N) is 2. The largest absolute Gasteiger partial charge is 0.401 e. The molecule has 106 valence electrons. The molecule has 2 rings (SSSR count). The maximum atomic E-state index is 12.3. The molecule has 1 saturated heterocycles. The molecule has 0 saturated carbocycles. The highest BCUT2D eigenvalue weighted by Gasteiger charge is 2.32. The van der Waals surface area contributed by atoms with Crippen LogP contribution in [0.3, 0.4) is 0 Å². The van der Waals surface area contributed by atoms with Crippen molar-refractivity contribution in [3.63, 3.8) is 0 Å². The van der Waals surface area contributed by atoms with Crippen molar-refractivity contribution >= 4 is 27.3 Å². The van der Waals surface area contributed by atoms with Crippen LogP contribution in [0.1, 0.15) is 0 Å². The van der Waals surface area contributed by atoms with Crippen molar-refractivity contribution in [3.8, 4) is 0 Å². The predicted molar refractivity (Wildman–Crippen MR) is 73.3 cm³/mol. The molecule has 2 N–H and O–H groups in total. The fourth-order valence-corrected chi connectivity index (χ4v) is 2.59. The number of alkyl halides is 3. The van der Waals surface area contributed by atoms with E-state index in [0.29, 0.717) is 31.9 Å². The van der Waals surface area contributed by atoms with Gasteiger partial charge in [0.25, 0.3) is 0 Å². The highest BCUT2D eigenvalue weighted by Crippen LogP contribution is 2.28. The van der Waals surface area contributed by atoms with E-state index in [-0.39, 0.29) is 0 Å². The smallest absolute Gasteiger partial charge is 0.397 e. The van der Waals surface area contributed by atoms with E-state index in [0.717, 1.165) is 10.2 Å². The maximum absolute atomic E-state index is 12.3. The van der Waals surface area contributed by atoms with Crippen LogP contribution in [0.2, 0.25) is 0 Å². The number of halogens is 4. The Morgan fingerprint density at radius 3 is 2.32 bits per heavy atom. The minimum atomic E-state index is -4.13. The molecule has 0 amide bonds. The summed E-state index contributed by atoms with van der Waals surface area (Å²) in [5.41, 5.74) is 7.45. The molecule has 3 nitrogen and oxygen atoms in total. The first-order chi connectivity index (χ1) is 8.85. The van der Waals surface area contributed by atoms with Crippen LogP contribution in [0.5, 0.6) is 0 Å². The van der Waals surface area contributed by atoms with E-state index < -0.39 is 12.7 Å². The lowest BCUT2D eigenvalue weighted by atomic mass is 10.2. The Morgan fingerprint density at radius 1 is 1.16 bits per heavy atom. The van der Waals surface area contributed by atoms with Crippen molar-refractivity contribution < 1.29 is 13.2 Å². The fraction of sp³-hybridized carbons (Fsp3) is 0.500. The summed E-state index contributed by atoms with van der Waals surface area (Å²) in [6, 6.07) is 5.57. The number of piperazine rings is 1. The molecule has 0 bridgehead atoms. The van der Waals surface area contributed by atoms with E-state index >= 15 is 0 Å². The van der Waals surface area contributed by atoms with Gasteiger partial charge in [0.1, 0.15) is 0 Å². The third-order valence-electron chi connectivity index (χ3n) is 3.11. The summed E-state index contributed by atoms with van der Waals surface area (Å²) in [6.45, 7) is 1.07. The predicted octanol–water partition coefficient (Wildman–Crippen LogP) is 2.72. The van der Waals surface area contributed by atoms with Crippen LogP contribution >= 0.6 is 15.9 Å². The van der Waals surface area contributed by atoms with Gasteiger partial charge in [-0.1, -0.05) is 15.9 Å². The number of anilines is 2. The molecule has 7 heteroatoms. The normalized spacial score (nSPS) is 17.8. The molecule has 1 aliphatic heterocycles. The Morgan fingerprint density at radius 2 is 1.79 bits per heavy atom. The Balaban J connectivity index is 1.96. The maximum Gasteiger partial charge on any atom is 0.401 e. The van der Waals surface area contributed by atoms with Gasteiger partial charge in [-0.2, -0.15) is 13.2 Å². The molecule has 0 radical (unpaired) electrons. The van der Waals surface area contributed by atoms with E-state index in [4.69, 9.17) is 5.73 Å². The third-order valence-corrected chi connectivity index (χ3v) is 3.60. The van der Waals surface area contributed by atoms with E-state index in [1.54, 1.807) is 6.07 Å². The van der Waals surface area contributed by atoms with Crippen molar-refractivity contribution in [2.45, 2.75) is 6.18 Å². The standard InChI is InChI=1S/C12H15BrF3N3/c13-9-1-2-11(10(17)7-9)19-5-3-18(4-6-19)8-12(14,15)16/h1-2,7H,3-6,8,17H2. The molecule has 0 spiro atoms. The zero-order chi connectivity index (χ0) is 14.0. The van der Waals surface area contributed by atoms with Crippen LogP contribution in [-0.4, -0.2) is 43.8 Å². The first-order valence-corrected chi connectivity index (χ1v) is 6.73. The molecule has 1 fully saturated rings. The van der Waals surface area contributed by atoms with Gasteiger partial charge in [-0.15, -0.1) is 0 Å². The summed E-state index contributed by atoms with van der Waals surface area (Å²) in [5.74, 6) is 0. The zero-order valence-corrected chi connectivity index (χ0v) is 11.8. The van der Waals surface area contributed by atoms with Crippen LogP contribution in [0, 0.1) is 0 Å². The number of benzene rings is 1. The van der Waals surface area contributed by atoms with Gasteiger partial charge in [0.15, 0.2) is 0 Å². The average molecular weight is 338 g/mol. The van der Waals surface area contributed by atoms with Gasteiger partial charge in [0.2, 0.25) is 0 Å². The number of hydrogen-bond acceptors (Lipinski definition) is 3. The fourth-order valence-electron chi connectivity index (χ4n) is 2.21. The second kappa shape index (κ2) is 5.58. The molecular formula is C12H15BrF3N3. The molecule has 1 heterocycles. The van der Waals surface area contributed by atoms with E-state index in [1.165, 1.54) is 4.90 Å². The Bertz CT molecular complexity index is 442. The van der Waals surface area contributed by atoms with Gasteiger partial charge < -0.3 is 10.6 Å². The number of rotatable bonds is 2. The van der Waals surface area contributed by atoms with Gasteiger partial charge in [-0.05, 0) is 18.2 Å². The van der Waals surface area contributed by atoms with Gasteiger partial charge in [0.05, 0.1) is 17.9 Å². The van der Waals surface area contributed by atoms with Crippen molar-refractivity contribution in [1.29, 1.82) is 0 Å². The second-order valence-corrected chi connectivity index (χ2v) is 5.50. The van der Waals surface area contributed by atoms with Gasteiger partial charge in [-0.25, -0.2) is 0 Å².